The largest absolute Gasteiger partial charge is 0.490 e. The molecule has 32 heavy (non-hydrogen) atoms. The van der Waals surface area contributed by atoms with Crippen LogP contribution in [0.4, 0.5) is 4.39 Å². The van der Waals surface area contributed by atoms with Gasteiger partial charge in [0.1, 0.15) is 36.9 Å². The van der Waals surface area contributed by atoms with Crippen LogP contribution in [0.15, 0.2) is 47.4 Å². The number of nitrogens with zero attached hydrogens (tertiary/aromatic N) is 1. The van der Waals surface area contributed by atoms with Gasteiger partial charge in [0, 0.05) is 23.2 Å². The van der Waals surface area contributed by atoms with Crippen LogP contribution in [0, 0.1) is 11.2 Å². The molecule has 0 saturated heterocycles. The van der Waals surface area contributed by atoms with E-state index >= 15 is 0 Å². The smallest absolute Gasteiger partial charge is 0.341 e. The van der Waals surface area contributed by atoms with E-state index < -0.39 is 35.3 Å². The third-order valence-electron chi connectivity index (χ3n) is 4.44. The molecule has 0 aliphatic carbocycles. The Labute approximate surface area is 179 Å². The molecule has 0 fully saturated rings. The average molecular weight is 443 g/mol. The summed E-state index contributed by atoms with van der Waals surface area (Å²) in [6, 6.07) is 8.39. The number of rotatable bonds is 9. The van der Waals surface area contributed by atoms with Crippen molar-refractivity contribution in [2.24, 2.45) is 5.73 Å². The number of carboxylic acid groups (broad SMARTS) is 2. The number of hydrogen-bond acceptors (Lipinski definition) is 6. The number of nitrogens with one attached hydrogen (secondary N) is 1. The van der Waals surface area contributed by atoms with Crippen molar-refractivity contribution in [2.45, 2.75) is 6.54 Å². The summed E-state index contributed by atoms with van der Waals surface area (Å²) in [6.45, 7) is -0.675. The van der Waals surface area contributed by atoms with Gasteiger partial charge >= 0.3 is 11.9 Å². The monoisotopic (exact) mass is 443 g/mol. The summed E-state index contributed by atoms with van der Waals surface area (Å²) in [5.41, 5.74) is 4.32. The molecule has 166 valence electrons. The maximum absolute atomic E-state index is 14.5. The van der Waals surface area contributed by atoms with Gasteiger partial charge in [0.25, 0.3) is 0 Å². The first kappa shape index (κ1) is 22.3. The zero-order valence-corrected chi connectivity index (χ0v) is 16.5. The third-order valence-corrected chi connectivity index (χ3v) is 4.44. The topological polar surface area (TPSA) is 165 Å². The van der Waals surface area contributed by atoms with Crippen molar-refractivity contribution in [3.63, 3.8) is 0 Å². The standard InChI is InChI=1S/C21H18FN3O7/c22-15-7-13-16(25(10-18(26)27)9-14(19(13)28)21(29)30)8-17(15)32-6-5-31-12-3-1-11(2-4-12)20(23)24/h1-4,7-9H,5-6,10H2,(H3,23,24)(H,26,27)(H,29,30). The van der Waals surface area contributed by atoms with Crippen LogP contribution in [0.2, 0.25) is 0 Å². The van der Waals surface area contributed by atoms with Gasteiger partial charge < -0.3 is 30.0 Å². The van der Waals surface area contributed by atoms with Crippen LogP contribution >= 0.6 is 0 Å². The Morgan fingerprint density at radius 3 is 2.34 bits per heavy atom. The molecule has 0 unspecified atom stereocenters. The first-order valence-corrected chi connectivity index (χ1v) is 9.19. The first-order valence-electron chi connectivity index (χ1n) is 9.19. The molecule has 3 rings (SSSR count). The van der Waals surface area contributed by atoms with Gasteiger partial charge in [0.15, 0.2) is 11.6 Å². The molecule has 0 saturated carbocycles. The van der Waals surface area contributed by atoms with Crippen molar-refractivity contribution in [3.05, 3.63) is 69.8 Å². The SMILES string of the molecule is N=C(N)c1ccc(OCCOc2cc3c(cc2F)c(=O)c(C(=O)O)cn3CC(=O)O)cc1. The molecule has 0 amide bonds. The fourth-order valence-corrected chi connectivity index (χ4v) is 2.97. The Bertz CT molecular complexity index is 1270. The summed E-state index contributed by atoms with van der Waals surface area (Å²) < 4.78 is 26.4. The van der Waals surface area contributed by atoms with Crippen LogP contribution in [0.5, 0.6) is 11.5 Å². The number of benzene rings is 2. The molecule has 3 aromatic rings. The van der Waals surface area contributed by atoms with Crippen LogP contribution in [0.1, 0.15) is 15.9 Å². The van der Waals surface area contributed by atoms with Gasteiger partial charge in [-0.2, -0.15) is 0 Å². The fraction of sp³-hybridized carbons (Fsp3) is 0.143. The Morgan fingerprint density at radius 2 is 1.75 bits per heavy atom. The van der Waals surface area contributed by atoms with Crippen LogP contribution in [0.25, 0.3) is 10.9 Å². The first-order chi connectivity index (χ1) is 15.2. The zero-order chi connectivity index (χ0) is 23.4. The fourth-order valence-electron chi connectivity index (χ4n) is 2.97. The minimum absolute atomic E-state index is 0.0135. The summed E-state index contributed by atoms with van der Waals surface area (Å²) in [5, 5.41) is 25.3. The van der Waals surface area contributed by atoms with Crippen molar-refractivity contribution in [2.75, 3.05) is 13.2 Å². The molecule has 0 aliphatic rings. The molecule has 10 nitrogen and oxygen atoms in total. The van der Waals surface area contributed by atoms with Crippen molar-refractivity contribution in [3.8, 4) is 11.5 Å². The lowest BCUT2D eigenvalue weighted by Gasteiger charge is -2.13. The number of aromatic carboxylic acids is 1. The van der Waals surface area contributed by atoms with Crippen molar-refractivity contribution < 1.29 is 33.7 Å². The van der Waals surface area contributed by atoms with E-state index in [0.717, 1.165) is 22.9 Å². The van der Waals surface area contributed by atoms with Crippen molar-refractivity contribution in [1.82, 2.24) is 4.57 Å². The summed E-state index contributed by atoms with van der Waals surface area (Å²) in [6.07, 6.45) is 0.899. The van der Waals surface area contributed by atoms with Gasteiger partial charge in [-0.1, -0.05) is 0 Å². The van der Waals surface area contributed by atoms with Crippen LogP contribution in [-0.2, 0) is 11.3 Å². The molecular formula is C21H18FN3O7. The summed E-state index contributed by atoms with van der Waals surface area (Å²) in [4.78, 5) is 34.8. The Balaban J connectivity index is 1.81. The minimum Gasteiger partial charge on any atom is -0.490 e. The van der Waals surface area contributed by atoms with Crippen molar-refractivity contribution >= 4 is 28.7 Å². The number of nitrogen functional groups attached to an aromatic ring is 1. The highest BCUT2D eigenvalue weighted by atomic mass is 19.1. The van der Waals surface area contributed by atoms with E-state index in [1.165, 1.54) is 0 Å². The zero-order valence-electron chi connectivity index (χ0n) is 16.5. The number of amidine groups is 1. The molecule has 0 atom stereocenters. The van der Waals surface area contributed by atoms with E-state index in [-0.39, 0.29) is 35.7 Å². The second-order valence-electron chi connectivity index (χ2n) is 6.63. The molecule has 0 spiro atoms. The van der Waals surface area contributed by atoms with Crippen LogP contribution < -0.4 is 20.6 Å². The molecule has 2 aromatic carbocycles. The third kappa shape index (κ3) is 4.83. The second kappa shape index (κ2) is 9.16. The number of hydrogen-bond donors (Lipinski definition) is 4. The van der Waals surface area contributed by atoms with Gasteiger partial charge in [-0.15, -0.1) is 0 Å². The molecule has 0 aliphatic heterocycles. The highest BCUT2D eigenvalue weighted by Crippen LogP contribution is 2.24. The number of pyridine rings is 1. The lowest BCUT2D eigenvalue weighted by molar-refractivity contribution is -0.137. The molecule has 11 heteroatoms. The Kier molecular flexibility index (Phi) is 6.38. The number of carbonyl (C=O) groups is 2. The van der Waals surface area contributed by atoms with Gasteiger partial charge in [0.05, 0.1) is 5.52 Å². The highest BCUT2D eigenvalue weighted by molar-refractivity contribution is 5.95. The summed E-state index contributed by atoms with van der Waals surface area (Å²) in [7, 11) is 0. The van der Waals surface area contributed by atoms with E-state index in [0.29, 0.717) is 11.3 Å². The number of aliphatic carboxylic acids is 1. The van der Waals surface area contributed by atoms with Gasteiger partial charge in [-0.3, -0.25) is 15.0 Å². The number of fused-ring (bicyclic) bond motifs is 1. The molecule has 0 bridgehead atoms. The van der Waals surface area contributed by atoms with E-state index in [2.05, 4.69) is 0 Å². The van der Waals surface area contributed by atoms with Crippen LogP contribution in [0.3, 0.4) is 0 Å². The van der Waals surface area contributed by atoms with E-state index in [1.807, 2.05) is 0 Å². The molecule has 1 heterocycles. The maximum Gasteiger partial charge on any atom is 0.341 e. The lowest BCUT2D eigenvalue weighted by Crippen LogP contribution is -2.21. The summed E-state index contributed by atoms with van der Waals surface area (Å²) in [5.74, 6) is -3.59. The van der Waals surface area contributed by atoms with Crippen LogP contribution in [-0.4, -0.2) is 45.8 Å². The Morgan fingerprint density at radius 1 is 1.09 bits per heavy atom. The highest BCUT2D eigenvalue weighted by Gasteiger charge is 2.18. The van der Waals surface area contributed by atoms with Gasteiger partial charge in [-0.25, -0.2) is 9.18 Å². The number of halogens is 1. The quantitative estimate of drug-likeness (QED) is 0.220. The van der Waals surface area contributed by atoms with Gasteiger partial charge in [-0.05, 0) is 30.3 Å². The average Bonchev–Trinajstić information content (AvgIpc) is 2.73. The van der Waals surface area contributed by atoms with E-state index in [1.54, 1.807) is 24.3 Å². The molecule has 0 radical (unpaired) electrons. The summed E-state index contributed by atoms with van der Waals surface area (Å²) >= 11 is 0. The second-order valence-corrected chi connectivity index (χ2v) is 6.63. The Hall–Kier alpha value is -4.41. The predicted molar refractivity (Wildman–Crippen MR) is 111 cm³/mol. The normalized spacial score (nSPS) is 10.7. The van der Waals surface area contributed by atoms with Crippen molar-refractivity contribution in [1.29, 1.82) is 5.41 Å². The predicted octanol–water partition coefficient (Wildman–Crippen LogP) is 1.67. The number of aromatic nitrogens is 1. The maximum atomic E-state index is 14.5. The molecular weight excluding hydrogens is 425 g/mol. The van der Waals surface area contributed by atoms with Gasteiger partial charge in [0.2, 0.25) is 5.43 Å². The van der Waals surface area contributed by atoms with E-state index in [9.17, 15) is 23.9 Å². The molecule has 5 N–H and O–H groups in total. The number of ether oxygens (including phenoxy) is 2. The number of nitrogens with two attached hydrogens (primary N) is 1. The number of carboxylic acids is 2. The lowest BCUT2D eigenvalue weighted by atomic mass is 10.1. The minimum atomic E-state index is -1.55. The molecule has 1 aromatic heterocycles. The van der Waals surface area contributed by atoms with E-state index in [4.69, 9.17) is 25.7 Å².